The number of hydrogen-bond acceptors (Lipinski definition) is 4. The van der Waals surface area contributed by atoms with Crippen molar-refractivity contribution in [3.8, 4) is 16.9 Å². The van der Waals surface area contributed by atoms with Gasteiger partial charge in [0.1, 0.15) is 17.2 Å². The summed E-state index contributed by atoms with van der Waals surface area (Å²) in [5, 5.41) is 9.28. The molecule has 1 aliphatic carbocycles. The van der Waals surface area contributed by atoms with E-state index in [4.69, 9.17) is 4.74 Å². The predicted molar refractivity (Wildman–Crippen MR) is 124 cm³/mol. The molecule has 0 amide bonds. The lowest BCUT2D eigenvalue weighted by Gasteiger charge is -2.24. The number of carboxylic acids is 1. The van der Waals surface area contributed by atoms with Gasteiger partial charge < -0.3 is 9.84 Å². The molecule has 0 radical (unpaired) electrons. The topological polar surface area (TPSA) is 49.8 Å². The first-order valence-electron chi connectivity index (χ1n) is 11.3. The third-order valence-corrected chi connectivity index (χ3v) is 7.83. The molecule has 0 bridgehead atoms. The molecule has 1 saturated heterocycles. The Kier molecular flexibility index (Phi) is 6.12. The standard InChI is InChI=1S/C26H24F3NO3S/c27-26(28,29)24-22(16-4-2-1-3-5-16)13-20(34-24)15-33-19-7-8-21-17(12-19)6-9-23(21)30-11-10-18(14-30)25(31)32/h1-5,7-8,12-13,18,23H,6,9-11,14-15H2,(H,31,32). The molecule has 5 rings (SSSR count). The second-order valence-electron chi connectivity index (χ2n) is 8.84. The first-order valence-corrected chi connectivity index (χ1v) is 12.1. The number of hydrogen-bond donors (Lipinski definition) is 1. The summed E-state index contributed by atoms with van der Waals surface area (Å²) in [4.78, 5) is 13.4. The smallest absolute Gasteiger partial charge is 0.426 e. The zero-order chi connectivity index (χ0) is 23.9. The van der Waals surface area contributed by atoms with E-state index in [-0.39, 0.29) is 24.1 Å². The molecule has 1 aromatic heterocycles. The predicted octanol–water partition coefficient (Wildman–Crippen LogP) is 6.41. The van der Waals surface area contributed by atoms with Gasteiger partial charge >= 0.3 is 12.1 Å². The average Bonchev–Trinajstić information content (AvgIpc) is 3.55. The van der Waals surface area contributed by atoms with E-state index in [0.29, 0.717) is 29.2 Å². The number of benzene rings is 2. The minimum absolute atomic E-state index is 0.0647. The summed E-state index contributed by atoms with van der Waals surface area (Å²) in [6, 6.07) is 16.2. The molecule has 4 nitrogen and oxygen atoms in total. The van der Waals surface area contributed by atoms with Gasteiger partial charge in [0.25, 0.3) is 0 Å². The number of fused-ring (bicyclic) bond motifs is 1. The van der Waals surface area contributed by atoms with E-state index in [1.807, 2.05) is 18.2 Å². The molecule has 2 unspecified atom stereocenters. The molecule has 1 N–H and O–H groups in total. The lowest BCUT2D eigenvalue weighted by Crippen LogP contribution is -2.26. The molecule has 3 aromatic rings. The number of thiophene rings is 1. The molecule has 34 heavy (non-hydrogen) atoms. The zero-order valence-corrected chi connectivity index (χ0v) is 19.2. The van der Waals surface area contributed by atoms with Gasteiger partial charge in [-0.1, -0.05) is 36.4 Å². The van der Waals surface area contributed by atoms with Crippen molar-refractivity contribution in [1.82, 2.24) is 4.90 Å². The number of nitrogens with zero attached hydrogens (tertiary/aromatic N) is 1. The Hall–Kier alpha value is -2.84. The Morgan fingerprint density at radius 2 is 1.91 bits per heavy atom. The van der Waals surface area contributed by atoms with Crippen molar-refractivity contribution in [2.24, 2.45) is 5.92 Å². The Bertz CT molecular complexity index is 1190. The molecule has 0 saturated carbocycles. The Balaban J connectivity index is 1.30. The third kappa shape index (κ3) is 4.57. The second-order valence-corrected chi connectivity index (χ2v) is 9.98. The molecular formula is C26H24F3NO3S. The van der Waals surface area contributed by atoms with E-state index in [1.165, 1.54) is 5.56 Å². The molecule has 2 atom stereocenters. The maximum absolute atomic E-state index is 13.6. The van der Waals surface area contributed by atoms with Crippen LogP contribution in [0.2, 0.25) is 0 Å². The van der Waals surface area contributed by atoms with Crippen molar-refractivity contribution < 1.29 is 27.8 Å². The molecule has 1 aliphatic heterocycles. The second kappa shape index (κ2) is 9.07. The monoisotopic (exact) mass is 487 g/mol. The van der Waals surface area contributed by atoms with Gasteiger partial charge in [-0.05, 0) is 60.7 Å². The van der Waals surface area contributed by atoms with Crippen molar-refractivity contribution >= 4 is 17.3 Å². The molecule has 2 aliphatic rings. The quantitative estimate of drug-likeness (QED) is 0.437. The maximum atomic E-state index is 13.6. The number of rotatable bonds is 6. The average molecular weight is 488 g/mol. The van der Waals surface area contributed by atoms with Gasteiger partial charge in [0, 0.05) is 23.0 Å². The first kappa shape index (κ1) is 22.9. The number of alkyl halides is 3. The van der Waals surface area contributed by atoms with Gasteiger partial charge in [0.15, 0.2) is 0 Å². The van der Waals surface area contributed by atoms with E-state index in [1.54, 1.807) is 36.4 Å². The largest absolute Gasteiger partial charge is 0.488 e. The molecule has 0 spiro atoms. The number of carbonyl (C=O) groups is 1. The van der Waals surface area contributed by atoms with Gasteiger partial charge in [0.2, 0.25) is 0 Å². The number of likely N-dealkylation sites (tertiary alicyclic amines) is 1. The fraction of sp³-hybridized carbons (Fsp3) is 0.346. The van der Waals surface area contributed by atoms with E-state index in [0.717, 1.165) is 36.3 Å². The summed E-state index contributed by atoms with van der Waals surface area (Å²) < 4.78 is 46.8. The number of aryl methyl sites for hydroxylation is 1. The van der Waals surface area contributed by atoms with Gasteiger partial charge in [-0.15, -0.1) is 11.3 Å². The highest BCUT2D eigenvalue weighted by Gasteiger charge is 2.37. The minimum atomic E-state index is -4.42. The normalized spacial score (nSPS) is 20.4. The maximum Gasteiger partial charge on any atom is 0.426 e. The summed E-state index contributed by atoms with van der Waals surface area (Å²) >= 11 is 0.721. The summed E-state index contributed by atoms with van der Waals surface area (Å²) in [5.74, 6) is -0.408. The van der Waals surface area contributed by atoms with E-state index < -0.39 is 17.0 Å². The van der Waals surface area contributed by atoms with Crippen molar-refractivity contribution in [2.45, 2.75) is 38.1 Å². The molecular weight excluding hydrogens is 463 g/mol. The SMILES string of the molecule is O=C(O)C1CCN(C2CCc3cc(OCc4cc(-c5ccccc5)c(C(F)(F)F)s4)ccc32)C1. The highest BCUT2D eigenvalue weighted by Crippen LogP contribution is 2.43. The lowest BCUT2D eigenvalue weighted by molar-refractivity contribution is -0.141. The highest BCUT2D eigenvalue weighted by molar-refractivity contribution is 7.12. The Labute approximate surface area is 199 Å². The van der Waals surface area contributed by atoms with Crippen LogP contribution in [-0.2, 0) is 24.0 Å². The minimum Gasteiger partial charge on any atom is -0.488 e. The summed E-state index contributed by atoms with van der Waals surface area (Å²) in [6.07, 6.45) is -1.94. The van der Waals surface area contributed by atoms with E-state index in [2.05, 4.69) is 4.90 Å². The number of carboxylic acid groups (broad SMARTS) is 1. The van der Waals surface area contributed by atoms with Gasteiger partial charge in [-0.25, -0.2) is 0 Å². The van der Waals surface area contributed by atoms with E-state index >= 15 is 0 Å². The first-order chi connectivity index (χ1) is 16.3. The molecule has 2 aromatic carbocycles. The lowest BCUT2D eigenvalue weighted by atomic mass is 10.1. The number of halogens is 3. The van der Waals surface area contributed by atoms with Crippen LogP contribution < -0.4 is 4.74 Å². The van der Waals surface area contributed by atoms with Gasteiger partial charge in [-0.3, -0.25) is 9.69 Å². The van der Waals surface area contributed by atoms with Crippen molar-refractivity contribution in [3.63, 3.8) is 0 Å². The fourth-order valence-corrected chi connectivity index (χ4v) is 5.98. The summed E-state index contributed by atoms with van der Waals surface area (Å²) in [5.41, 5.74) is 3.07. The Morgan fingerprint density at radius 1 is 1.12 bits per heavy atom. The zero-order valence-electron chi connectivity index (χ0n) is 18.3. The summed E-state index contributed by atoms with van der Waals surface area (Å²) in [6.45, 7) is 1.42. The highest BCUT2D eigenvalue weighted by atomic mass is 32.1. The van der Waals surface area contributed by atoms with Crippen LogP contribution in [0.3, 0.4) is 0 Å². The van der Waals surface area contributed by atoms with Crippen LogP contribution in [0.5, 0.6) is 5.75 Å². The van der Waals surface area contributed by atoms with Crippen LogP contribution >= 0.6 is 11.3 Å². The Morgan fingerprint density at radius 3 is 2.62 bits per heavy atom. The molecule has 8 heteroatoms. The van der Waals surface area contributed by atoms with Crippen molar-refractivity contribution in [2.75, 3.05) is 13.1 Å². The van der Waals surface area contributed by atoms with Crippen LogP contribution in [0.4, 0.5) is 13.2 Å². The molecule has 1 fully saturated rings. The third-order valence-electron chi connectivity index (χ3n) is 6.68. The molecule has 178 valence electrons. The van der Waals surface area contributed by atoms with Crippen LogP contribution in [0.1, 0.15) is 39.8 Å². The number of aliphatic carboxylic acids is 1. The van der Waals surface area contributed by atoms with Crippen LogP contribution in [0.25, 0.3) is 11.1 Å². The van der Waals surface area contributed by atoms with Gasteiger partial charge in [-0.2, -0.15) is 13.2 Å². The van der Waals surface area contributed by atoms with Crippen LogP contribution in [-0.4, -0.2) is 29.1 Å². The van der Waals surface area contributed by atoms with Crippen molar-refractivity contribution in [3.05, 3.63) is 75.5 Å². The van der Waals surface area contributed by atoms with Crippen LogP contribution in [0, 0.1) is 5.92 Å². The van der Waals surface area contributed by atoms with Crippen molar-refractivity contribution in [1.29, 1.82) is 0 Å². The van der Waals surface area contributed by atoms with Gasteiger partial charge in [0.05, 0.1) is 5.92 Å². The molecule has 2 heterocycles. The number of ether oxygens (including phenoxy) is 1. The summed E-state index contributed by atoms with van der Waals surface area (Å²) in [7, 11) is 0. The van der Waals surface area contributed by atoms with Crippen LogP contribution in [0.15, 0.2) is 54.6 Å². The van der Waals surface area contributed by atoms with E-state index in [9.17, 15) is 23.1 Å². The fourth-order valence-electron chi connectivity index (χ4n) is 5.02.